The molecule has 2 aromatic rings. The zero-order valence-electron chi connectivity index (χ0n) is 11.6. The lowest BCUT2D eigenvalue weighted by Gasteiger charge is -2.09. The van der Waals surface area contributed by atoms with E-state index in [9.17, 15) is 8.42 Å². The van der Waals surface area contributed by atoms with Crippen molar-refractivity contribution in [1.29, 1.82) is 0 Å². The minimum Gasteiger partial charge on any atom is -0.398 e. The number of rotatable bonds is 6. The summed E-state index contributed by atoms with van der Waals surface area (Å²) in [6, 6.07) is 10.7. The molecule has 3 N–H and O–H groups in total. The van der Waals surface area contributed by atoms with Crippen LogP contribution in [0.5, 0.6) is 0 Å². The summed E-state index contributed by atoms with van der Waals surface area (Å²) in [5.74, 6) is 0.459. The first-order valence-corrected chi connectivity index (χ1v) is 9.00. The van der Waals surface area contributed by atoms with Gasteiger partial charge in [-0.1, -0.05) is 12.1 Å². The molecule has 21 heavy (non-hydrogen) atoms. The topological polar surface area (TPSA) is 85.1 Å². The van der Waals surface area contributed by atoms with E-state index in [1.54, 1.807) is 24.4 Å². The molecular formula is C14H17N3O2S2. The van der Waals surface area contributed by atoms with Crippen LogP contribution >= 0.6 is 11.8 Å². The molecule has 0 atom stereocenters. The molecule has 0 fully saturated rings. The molecule has 2 rings (SSSR count). The Labute approximate surface area is 129 Å². The van der Waals surface area contributed by atoms with Crippen LogP contribution in [0.3, 0.4) is 0 Å². The van der Waals surface area contributed by atoms with E-state index in [0.717, 1.165) is 10.6 Å². The second kappa shape index (κ2) is 6.82. The highest BCUT2D eigenvalue weighted by atomic mass is 32.2. The number of nitrogens with two attached hydrogens (primary N) is 1. The van der Waals surface area contributed by atoms with Crippen molar-refractivity contribution in [3.63, 3.8) is 0 Å². The fourth-order valence-electron chi connectivity index (χ4n) is 1.71. The fraction of sp³-hybridized carbons (Fsp3) is 0.214. The highest BCUT2D eigenvalue weighted by Crippen LogP contribution is 2.24. The molecule has 1 aromatic heterocycles. The van der Waals surface area contributed by atoms with Gasteiger partial charge in [-0.15, -0.1) is 11.8 Å². The van der Waals surface area contributed by atoms with Crippen molar-refractivity contribution in [3.05, 3.63) is 48.3 Å². The first-order chi connectivity index (χ1) is 9.96. The molecule has 0 spiro atoms. The Balaban J connectivity index is 1.91. The average molecular weight is 323 g/mol. The van der Waals surface area contributed by atoms with Crippen LogP contribution in [0.15, 0.2) is 47.5 Å². The average Bonchev–Trinajstić information content (AvgIpc) is 2.40. The molecule has 0 amide bonds. The van der Waals surface area contributed by atoms with Gasteiger partial charge in [0.15, 0.2) is 0 Å². The number of nitrogens with one attached hydrogen (secondary N) is 1. The molecule has 1 aromatic carbocycles. The van der Waals surface area contributed by atoms with Gasteiger partial charge in [-0.2, -0.15) is 0 Å². The summed E-state index contributed by atoms with van der Waals surface area (Å²) in [5.41, 5.74) is 7.78. The van der Waals surface area contributed by atoms with E-state index < -0.39 is 10.0 Å². The number of benzene rings is 1. The van der Waals surface area contributed by atoms with E-state index >= 15 is 0 Å². The Morgan fingerprint density at radius 2 is 2.05 bits per heavy atom. The Morgan fingerprint density at radius 3 is 2.76 bits per heavy atom. The Bertz CT molecular complexity index is 718. The van der Waals surface area contributed by atoms with Crippen LogP contribution in [0.4, 0.5) is 11.4 Å². The number of sulfonamides is 1. The van der Waals surface area contributed by atoms with E-state index in [0.29, 0.717) is 17.1 Å². The highest BCUT2D eigenvalue weighted by Gasteiger charge is 2.11. The number of hydrogen-bond acceptors (Lipinski definition) is 5. The van der Waals surface area contributed by atoms with Crippen molar-refractivity contribution in [3.8, 4) is 0 Å². The number of nitrogens with zero attached hydrogens (tertiary/aromatic N) is 1. The van der Waals surface area contributed by atoms with Crippen molar-refractivity contribution in [1.82, 2.24) is 4.98 Å². The monoisotopic (exact) mass is 323 g/mol. The van der Waals surface area contributed by atoms with Crippen molar-refractivity contribution < 1.29 is 8.42 Å². The molecule has 0 aliphatic rings. The number of pyridine rings is 1. The van der Waals surface area contributed by atoms with E-state index in [1.165, 1.54) is 11.8 Å². The third-order valence-electron chi connectivity index (χ3n) is 2.70. The maximum atomic E-state index is 12.0. The van der Waals surface area contributed by atoms with Crippen molar-refractivity contribution in [2.75, 3.05) is 22.0 Å². The van der Waals surface area contributed by atoms with E-state index in [4.69, 9.17) is 5.73 Å². The van der Waals surface area contributed by atoms with Gasteiger partial charge < -0.3 is 5.73 Å². The lowest BCUT2D eigenvalue weighted by atomic mass is 10.3. The summed E-state index contributed by atoms with van der Waals surface area (Å²) in [5, 5.41) is 0. The largest absolute Gasteiger partial charge is 0.398 e. The normalized spacial score (nSPS) is 11.3. The molecule has 1 heterocycles. The van der Waals surface area contributed by atoms with Gasteiger partial charge in [0.1, 0.15) is 0 Å². The summed E-state index contributed by atoms with van der Waals surface area (Å²) in [6.45, 7) is 1.81. The number of hydrogen-bond donors (Lipinski definition) is 2. The van der Waals surface area contributed by atoms with Gasteiger partial charge in [-0.25, -0.2) is 8.42 Å². The van der Waals surface area contributed by atoms with Crippen molar-refractivity contribution in [2.45, 2.75) is 11.8 Å². The number of nitrogen functional groups attached to an aromatic ring is 1. The molecule has 0 saturated heterocycles. The molecule has 7 heteroatoms. The Morgan fingerprint density at radius 1 is 1.29 bits per heavy atom. The predicted octanol–water partition coefficient (Wildman–Crippen LogP) is 2.51. The molecule has 5 nitrogen and oxygen atoms in total. The molecule has 112 valence electrons. The Hall–Kier alpha value is -1.73. The molecule has 0 bridgehead atoms. The molecule has 0 aliphatic heterocycles. The van der Waals surface area contributed by atoms with Crippen LogP contribution in [0.25, 0.3) is 0 Å². The van der Waals surface area contributed by atoms with E-state index in [-0.39, 0.29) is 5.75 Å². The maximum absolute atomic E-state index is 12.0. The van der Waals surface area contributed by atoms with Crippen LogP contribution in [-0.4, -0.2) is 24.9 Å². The number of para-hydroxylation sites is 1. The molecule has 0 unspecified atom stereocenters. The molecular weight excluding hydrogens is 306 g/mol. The second-order valence-electron chi connectivity index (χ2n) is 4.49. The molecule has 0 radical (unpaired) electrons. The standard InChI is InChI=1S/C14H17N3O2S2/c1-11-10-12(6-7-16-11)17-21(18,19)9-8-20-14-5-3-2-4-13(14)15/h2-7,10H,8-9,15H2,1H3,(H,16,17). The van der Waals surface area contributed by atoms with Gasteiger partial charge in [-0.3, -0.25) is 9.71 Å². The number of thioether (sulfide) groups is 1. The summed E-state index contributed by atoms with van der Waals surface area (Å²) in [4.78, 5) is 4.92. The highest BCUT2D eigenvalue weighted by molar-refractivity contribution is 8.01. The third kappa shape index (κ3) is 4.95. The number of aryl methyl sites for hydroxylation is 1. The minimum atomic E-state index is -3.37. The summed E-state index contributed by atoms with van der Waals surface area (Å²) < 4.78 is 26.6. The van der Waals surface area contributed by atoms with E-state index in [1.807, 2.05) is 25.1 Å². The van der Waals surface area contributed by atoms with Crippen LogP contribution in [-0.2, 0) is 10.0 Å². The minimum absolute atomic E-state index is 0.0212. The third-order valence-corrected chi connectivity index (χ3v) is 5.34. The fourth-order valence-corrected chi connectivity index (χ4v) is 4.14. The van der Waals surface area contributed by atoms with Crippen LogP contribution in [0.1, 0.15) is 5.69 Å². The zero-order valence-corrected chi connectivity index (χ0v) is 13.2. The van der Waals surface area contributed by atoms with Gasteiger partial charge in [0.05, 0.1) is 11.4 Å². The maximum Gasteiger partial charge on any atom is 0.233 e. The SMILES string of the molecule is Cc1cc(NS(=O)(=O)CCSc2ccccc2N)ccn1. The first kappa shape index (κ1) is 15.7. The summed E-state index contributed by atoms with van der Waals surface area (Å²) >= 11 is 1.43. The summed E-state index contributed by atoms with van der Waals surface area (Å²) in [6.07, 6.45) is 1.58. The summed E-state index contributed by atoms with van der Waals surface area (Å²) in [7, 11) is -3.37. The van der Waals surface area contributed by atoms with Gasteiger partial charge in [-0.05, 0) is 31.2 Å². The smallest absolute Gasteiger partial charge is 0.233 e. The van der Waals surface area contributed by atoms with Crippen molar-refractivity contribution >= 4 is 33.2 Å². The van der Waals surface area contributed by atoms with Gasteiger partial charge >= 0.3 is 0 Å². The lowest BCUT2D eigenvalue weighted by Crippen LogP contribution is -2.18. The van der Waals surface area contributed by atoms with Crippen molar-refractivity contribution in [2.24, 2.45) is 0 Å². The predicted molar refractivity (Wildman–Crippen MR) is 88.0 cm³/mol. The first-order valence-electron chi connectivity index (χ1n) is 6.37. The van der Waals surface area contributed by atoms with Crippen LogP contribution in [0.2, 0.25) is 0 Å². The molecule has 0 aliphatic carbocycles. The zero-order chi connectivity index (χ0) is 15.3. The van der Waals surface area contributed by atoms with Gasteiger partial charge in [0.2, 0.25) is 10.0 Å². The second-order valence-corrected chi connectivity index (χ2v) is 7.47. The lowest BCUT2D eigenvalue weighted by molar-refractivity contribution is 0.602. The Kier molecular flexibility index (Phi) is 5.08. The van der Waals surface area contributed by atoms with Crippen LogP contribution < -0.4 is 10.5 Å². The van der Waals surface area contributed by atoms with Gasteiger partial charge in [0, 0.05) is 28.2 Å². The van der Waals surface area contributed by atoms with Crippen LogP contribution in [0, 0.1) is 6.92 Å². The number of aromatic nitrogens is 1. The van der Waals surface area contributed by atoms with E-state index in [2.05, 4.69) is 9.71 Å². The molecule has 0 saturated carbocycles. The number of anilines is 2. The van der Waals surface area contributed by atoms with Gasteiger partial charge in [0.25, 0.3) is 0 Å². The quantitative estimate of drug-likeness (QED) is 0.630.